The average Bonchev–Trinajstić information content (AvgIpc) is 2.94. The number of para-hydroxylation sites is 1. The van der Waals surface area contributed by atoms with Crippen LogP contribution in [0.3, 0.4) is 0 Å². The Morgan fingerprint density at radius 1 is 1.25 bits per heavy atom. The van der Waals surface area contributed by atoms with Gasteiger partial charge in [0, 0.05) is 18.2 Å². The van der Waals surface area contributed by atoms with Gasteiger partial charge in [-0.05, 0) is 50.9 Å². The first-order chi connectivity index (χ1) is 9.70. The number of nitrogens with zero attached hydrogens (tertiary/aromatic N) is 1. The number of phenolic OH excluding ortho intramolecular Hbond substituents is 1. The minimum atomic E-state index is 0.247. The zero-order valence-electron chi connectivity index (χ0n) is 12.8. The Kier molecular flexibility index (Phi) is 5.86. The molecular weight excluding hydrogens is 248 g/mol. The summed E-state index contributed by atoms with van der Waals surface area (Å²) in [7, 11) is 0. The average molecular weight is 276 g/mol. The summed E-state index contributed by atoms with van der Waals surface area (Å²) >= 11 is 0. The van der Waals surface area contributed by atoms with Gasteiger partial charge in [0.15, 0.2) is 0 Å². The van der Waals surface area contributed by atoms with Crippen molar-refractivity contribution in [1.82, 2.24) is 10.2 Å². The molecule has 1 aliphatic rings. The van der Waals surface area contributed by atoms with Crippen molar-refractivity contribution in [1.29, 1.82) is 0 Å². The number of aromatic hydroxyl groups is 1. The zero-order chi connectivity index (χ0) is 14.4. The summed E-state index contributed by atoms with van der Waals surface area (Å²) in [6, 6.07) is 7.90. The smallest absolute Gasteiger partial charge is 0.120 e. The molecule has 1 aliphatic heterocycles. The zero-order valence-corrected chi connectivity index (χ0v) is 12.8. The second-order valence-corrected chi connectivity index (χ2v) is 6.04. The number of nitrogens with one attached hydrogen (secondary N) is 1. The predicted molar refractivity (Wildman–Crippen MR) is 84.0 cm³/mol. The van der Waals surface area contributed by atoms with Gasteiger partial charge in [0.25, 0.3) is 0 Å². The molecule has 1 fully saturated rings. The largest absolute Gasteiger partial charge is 0.508 e. The first-order valence-electron chi connectivity index (χ1n) is 7.94. The Labute approximate surface area is 123 Å². The van der Waals surface area contributed by atoms with E-state index in [1.54, 1.807) is 6.07 Å². The highest BCUT2D eigenvalue weighted by Crippen LogP contribution is 2.25. The third kappa shape index (κ3) is 4.22. The third-order valence-corrected chi connectivity index (χ3v) is 4.20. The van der Waals surface area contributed by atoms with Gasteiger partial charge in [0.1, 0.15) is 5.75 Å². The number of hydrogen-bond donors (Lipinski definition) is 2. The van der Waals surface area contributed by atoms with Crippen molar-refractivity contribution in [2.45, 2.75) is 39.2 Å². The molecule has 2 atom stereocenters. The fraction of sp³-hybridized carbons (Fsp3) is 0.647. The summed E-state index contributed by atoms with van der Waals surface area (Å²) in [4.78, 5) is 2.56. The highest BCUT2D eigenvalue weighted by Gasteiger charge is 2.17. The molecule has 20 heavy (non-hydrogen) atoms. The second kappa shape index (κ2) is 7.65. The minimum absolute atomic E-state index is 0.247. The number of hydrogen-bond acceptors (Lipinski definition) is 3. The number of benzene rings is 1. The number of phenols is 1. The summed E-state index contributed by atoms with van der Waals surface area (Å²) in [5, 5.41) is 13.6. The molecule has 0 aliphatic carbocycles. The van der Waals surface area contributed by atoms with E-state index < -0.39 is 0 Å². The lowest BCUT2D eigenvalue weighted by Gasteiger charge is -2.24. The van der Waals surface area contributed by atoms with Crippen LogP contribution in [0, 0.1) is 5.92 Å². The van der Waals surface area contributed by atoms with Crippen molar-refractivity contribution in [2.75, 3.05) is 26.2 Å². The molecule has 0 amide bonds. The van der Waals surface area contributed by atoms with E-state index in [0.29, 0.717) is 11.7 Å². The van der Waals surface area contributed by atoms with E-state index in [1.165, 1.54) is 32.5 Å². The van der Waals surface area contributed by atoms with E-state index >= 15 is 0 Å². The lowest BCUT2D eigenvalue weighted by Crippen LogP contribution is -2.33. The summed E-state index contributed by atoms with van der Waals surface area (Å²) in [5.41, 5.74) is 1.02. The van der Waals surface area contributed by atoms with Gasteiger partial charge >= 0.3 is 0 Å². The van der Waals surface area contributed by atoms with Crippen molar-refractivity contribution in [3.05, 3.63) is 29.8 Å². The fourth-order valence-corrected chi connectivity index (χ4v) is 3.07. The summed E-state index contributed by atoms with van der Waals surface area (Å²) in [6.45, 7) is 9.19. The highest BCUT2D eigenvalue weighted by atomic mass is 16.3. The molecule has 1 saturated heterocycles. The molecule has 3 nitrogen and oxygen atoms in total. The van der Waals surface area contributed by atoms with E-state index in [0.717, 1.165) is 18.5 Å². The number of rotatable bonds is 7. The van der Waals surface area contributed by atoms with Crippen molar-refractivity contribution in [2.24, 2.45) is 5.92 Å². The van der Waals surface area contributed by atoms with Gasteiger partial charge in [-0.3, -0.25) is 0 Å². The van der Waals surface area contributed by atoms with Crippen molar-refractivity contribution >= 4 is 0 Å². The van der Waals surface area contributed by atoms with Gasteiger partial charge < -0.3 is 15.3 Å². The topological polar surface area (TPSA) is 35.5 Å². The van der Waals surface area contributed by atoms with Gasteiger partial charge in [0.05, 0.1) is 0 Å². The van der Waals surface area contributed by atoms with Gasteiger partial charge in [0.2, 0.25) is 0 Å². The first-order valence-corrected chi connectivity index (χ1v) is 7.94. The SMILES string of the molecule is CCC(NCC(C)CN1CCCC1)c1ccccc1O. The molecule has 1 aromatic rings. The normalized spacial score (nSPS) is 19.1. The van der Waals surface area contributed by atoms with Crippen molar-refractivity contribution < 1.29 is 5.11 Å². The Hall–Kier alpha value is -1.06. The third-order valence-electron chi connectivity index (χ3n) is 4.20. The van der Waals surface area contributed by atoms with Crippen LogP contribution in [0.1, 0.15) is 44.7 Å². The Bertz CT molecular complexity index is 402. The highest BCUT2D eigenvalue weighted by molar-refractivity contribution is 5.34. The van der Waals surface area contributed by atoms with Crippen molar-refractivity contribution in [3.63, 3.8) is 0 Å². The second-order valence-electron chi connectivity index (χ2n) is 6.04. The molecule has 0 aromatic heterocycles. The quantitative estimate of drug-likeness (QED) is 0.803. The Morgan fingerprint density at radius 3 is 2.60 bits per heavy atom. The molecule has 1 heterocycles. The molecule has 2 unspecified atom stereocenters. The van der Waals surface area contributed by atoms with Crippen LogP contribution in [0.5, 0.6) is 5.75 Å². The van der Waals surface area contributed by atoms with Crippen LogP contribution in [0.2, 0.25) is 0 Å². The molecule has 1 aromatic carbocycles. The maximum absolute atomic E-state index is 9.96. The molecule has 3 heteroatoms. The maximum Gasteiger partial charge on any atom is 0.120 e. The molecule has 0 saturated carbocycles. The summed E-state index contributed by atoms with van der Waals surface area (Å²) in [6.07, 6.45) is 3.71. The standard InChI is InChI=1S/C17H28N2O/c1-3-16(15-8-4-5-9-17(15)20)18-12-14(2)13-19-10-6-7-11-19/h4-5,8-9,14,16,18,20H,3,6-7,10-13H2,1-2H3. The van der Waals surface area contributed by atoms with Crippen LogP contribution < -0.4 is 5.32 Å². The predicted octanol–water partition coefficient (Wildman–Crippen LogP) is 3.16. The molecule has 0 spiro atoms. The Morgan fingerprint density at radius 2 is 1.95 bits per heavy atom. The van der Waals surface area contributed by atoms with Crippen LogP contribution in [-0.4, -0.2) is 36.2 Å². The molecule has 2 N–H and O–H groups in total. The van der Waals surface area contributed by atoms with Gasteiger partial charge in [-0.1, -0.05) is 32.0 Å². The lowest BCUT2D eigenvalue weighted by molar-refractivity contribution is 0.276. The van der Waals surface area contributed by atoms with Crippen molar-refractivity contribution in [3.8, 4) is 5.75 Å². The van der Waals surface area contributed by atoms with Crippen LogP contribution >= 0.6 is 0 Å². The van der Waals surface area contributed by atoms with E-state index in [4.69, 9.17) is 0 Å². The lowest BCUT2D eigenvalue weighted by atomic mass is 10.0. The van der Waals surface area contributed by atoms with Gasteiger partial charge in [-0.25, -0.2) is 0 Å². The summed E-state index contributed by atoms with van der Waals surface area (Å²) < 4.78 is 0. The molecule has 112 valence electrons. The van der Waals surface area contributed by atoms with E-state index in [9.17, 15) is 5.11 Å². The van der Waals surface area contributed by atoms with Gasteiger partial charge in [-0.15, -0.1) is 0 Å². The number of likely N-dealkylation sites (tertiary alicyclic amines) is 1. The Balaban J connectivity index is 1.82. The van der Waals surface area contributed by atoms with Crippen LogP contribution in [0.4, 0.5) is 0 Å². The fourth-order valence-electron chi connectivity index (χ4n) is 3.07. The van der Waals surface area contributed by atoms with Crippen LogP contribution in [0.15, 0.2) is 24.3 Å². The minimum Gasteiger partial charge on any atom is -0.508 e. The van der Waals surface area contributed by atoms with Crippen LogP contribution in [-0.2, 0) is 0 Å². The molecule has 0 bridgehead atoms. The van der Waals surface area contributed by atoms with E-state index in [-0.39, 0.29) is 6.04 Å². The van der Waals surface area contributed by atoms with E-state index in [2.05, 4.69) is 24.1 Å². The first kappa shape index (κ1) is 15.3. The summed E-state index contributed by atoms with van der Waals surface area (Å²) in [5.74, 6) is 1.05. The molecule has 2 rings (SSSR count). The monoisotopic (exact) mass is 276 g/mol. The molecule has 0 radical (unpaired) electrons. The maximum atomic E-state index is 9.96. The molecular formula is C17H28N2O. The van der Waals surface area contributed by atoms with Crippen LogP contribution in [0.25, 0.3) is 0 Å². The van der Waals surface area contributed by atoms with Gasteiger partial charge in [-0.2, -0.15) is 0 Å². The van der Waals surface area contributed by atoms with E-state index in [1.807, 2.05) is 18.2 Å².